The Morgan fingerprint density at radius 1 is 1.12 bits per heavy atom. The molecule has 1 heterocycles. The van der Waals surface area contributed by atoms with Crippen molar-refractivity contribution in [3.8, 4) is 11.4 Å². The molecular formula is C19H22N4O2S. The first-order valence-electron chi connectivity index (χ1n) is 8.39. The second-order valence-electron chi connectivity index (χ2n) is 6.26. The molecule has 0 radical (unpaired) electrons. The molecule has 1 atom stereocenters. The number of aromatic nitrogens is 4. The van der Waals surface area contributed by atoms with Crippen molar-refractivity contribution in [3.63, 3.8) is 0 Å². The number of ether oxygens (including phenoxy) is 1. The van der Waals surface area contributed by atoms with E-state index in [0.29, 0.717) is 10.9 Å². The molecule has 1 N–H and O–H groups in total. The number of hydrogen-bond acceptors (Lipinski definition) is 6. The van der Waals surface area contributed by atoms with Crippen molar-refractivity contribution in [1.29, 1.82) is 0 Å². The number of aryl methyl sites for hydroxylation is 3. The fraction of sp³-hybridized carbons (Fsp3) is 0.316. The number of nitrogens with zero attached hydrogens (tertiary/aromatic N) is 4. The molecule has 0 amide bonds. The molecule has 0 aliphatic heterocycles. The summed E-state index contributed by atoms with van der Waals surface area (Å²) >= 11 is 1.40. The van der Waals surface area contributed by atoms with Crippen LogP contribution < -0.4 is 4.74 Å². The van der Waals surface area contributed by atoms with Gasteiger partial charge in [0.2, 0.25) is 5.16 Å². The Kier molecular flexibility index (Phi) is 5.90. The van der Waals surface area contributed by atoms with E-state index in [4.69, 9.17) is 4.74 Å². The van der Waals surface area contributed by atoms with Gasteiger partial charge in [-0.25, -0.2) is 0 Å². The predicted molar refractivity (Wildman–Crippen MR) is 102 cm³/mol. The molecule has 0 spiro atoms. The fourth-order valence-electron chi connectivity index (χ4n) is 2.58. The van der Waals surface area contributed by atoms with Crippen molar-refractivity contribution in [2.75, 3.05) is 12.4 Å². The lowest BCUT2D eigenvalue weighted by molar-refractivity contribution is 0.126. The topological polar surface area (TPSA) is 73.1 Å². The maximum Gasteiger partial charge on any atom is 0.214 e. The van der Waals surface area contributed by atoms with E-state index in [0.717, 1.165) is 22.6 Å². The average Bonchev–Trinajstić information content (AvgIpc) is 3.06. The molecule has 3 aromatic rings. The van der Waals surface area contributed by atoms with Crippen LogP contribution in [0, 0.1) is 20.8 Å². The highest BCUT2D eigenvalue weighted by Crippen LogP contribution is 2.22. The lowest BCUT2D eigenvalue weighted by Crippen LogP contribution is -2.20. The molecule has 136 valence electrons. The van der Waals surface area contributed by atoms with Gasteiger partial charge in [-0.3, -0.25) is 0 Å². The third-order valence-electron chi connectivity index (χ3n) is 3.86. The van der Waals surface area contributed by atoms with Gasteiger partial charge in [0.1, 0.15) is 12.4 Å². The minimum Gasteiger partial charge on any atom is -0.491 e. The van der Waals surface area contributed by atoms with E-state index in [1.165, 1.54) is 17.3 Å². The summed E-state index contributed by atoms with van der Waals surface area (Å²) in [5, 5.41) is 22.8. The highest BCUT2D eigenvalue weighted by molar-refractivity contribution is 7.99. The number of aliphatic hydroxyl groups is 1. The molecule has 6 nitrogen and oxygen atoms in total. The molecule has 3 rings (SSSR count). The lowest BCUT2D eigenvalue weighted by Gasteiger charge is -2.13. The van der Waals surface area contributed by atoms with Crippen LogP contribution in [0.25, 0.3) is 5.69 Å². The summed E-state index contributed by atoms with van der Waals surface area (Å²) < 4.78 is 7.35. The molecule has 1 aromatic heterocycles. The number of aliphatic hydroxyl groups excluding tert-OH is 1. The summed E-state index contributed by atoms with van der Waals surface area (Å²) in [6, 6.07) is 13.9. The number of tetrazole rings is 1. The average molecular weight is 370 g/mol. The highest BCUT2D eigenvalue weighted by Gasteiger charge is 2.14. The van der Waals surface area contributed by atoms with E-state index in [1.807, 2.05) is 50.2 Å². The van der Waals surface area contributed by atoms with E-state index >= 15 is 0 Å². The Hall–Kier alpha value is -2.38. The van der Waals surface area contributed by atoms with Crippen molar-refractivity contribution in [1.82, 2.24) is 20.2 Å². The zero-order valence-corrected chi connectivity index (χ0v) is 15.9. The van der Waals surface area contributed by atoms with Gasteiger partial charge in [0, 0.05) is 5.75 Å². The van der Waals surface area contributed by atoms with Crippen molar-refractivity contribution >= 4 is 11.8 Å². The van der Waals surface area contributed by atoms with E-state index < -0.39 is 6.10 Å². The van der Waals surface area contributed by atoms with Gasteiger partial charge >= 0.3 is 0 Å². The molecule has 26 heavy (non-hydrogen) atoms. The fourth-order valence-corrected chi connectivity index (χ4v) is 3.37. The van der Waals surface area contributed by atoms with Crippen molar-refractivity contribution < 1.29 is 9.84 Å². The first kappa shape index (κ1) is 18.4. The summed E-state index contributed by atoms with van der Waals surface area (Å²) in [7, 11) is 0. The quantitative estimate of drug-likeness (QED) is 0.644. The summed E-state index contributed by atoms with van der Waals surface area (Å²) in [4.78, 5) is 0. The van der Waals surface area contributed by atoms with Crippen LogP contribution in [-0.2, 0) is 0 Å². The maximum absolute atomic E-state index is 10.2. The van der Waals surface area contributed by atoms with Crippen molar-refractivity contribution in [2.24, 2.45) is 0 Å². The number of thioether (sulfide) groups is 1. The Bertz CT molecular complexity index is 881. The smallest absolute Gasteiger partial charge is 0.214 e. The Morgan fingerprint density at radius 2 is 1.92 bits per heavy atom. The van der Waals surface area contributed by atoms with Crippen LogP contribution in [0.1, 0.15) is 16.7 Å². The van der Waals surface area contributed by atoms with Crippen LogP contribution in [0.4, 0.5) is 0 Å². The molecule has 0 unspecified atom stereocenters. The van der Waals surface area contributed by atoms with Gasteiger partial charge in [0.15, 0.2) is 0 Å². The second-order valence-corrected chi connectivity index (χ2v) is 7.24. The van der Waals surface area contributed by atoms with Gasteiger partial charge in [-0.15, -0.1) is 5.10 Å². The number of rotatable bonds is 7. The highest BCUT2D eigenvalue weighted by atomic mass is 32.2. The maximum atomic E-state index is 10.2. The van der Waals surface area contributed by atoms with Crippen LogP contribution in [0.5, 0.6) is 5.75 Å². The Labute approximate surface area is 157 Å². The molecule has 0 fully saturated rings. The molecule has 0 saturated carbocycles. The lowest BCUT2D eigenvalue weighted by atomic mass is 10.1. The van der Waals surface area contributed by atoms with Gasteiger partial charge in [-0.1, -0.05) is 41.6 Å². The standard InChI is InChI=1S/C19H22N4O2S/c1-13-5-4-6-17(10-13)25-11-16(24)12-26-19-20-21-22-23(19)18-8-7-14(2)9-15(18)3/h4-10,16,24H,11-12H2,1-3H3/t16-/m0/s1. The van der Waals surface area contributed by atoms with E-state index in [-0.39, 0.29) is 6.61 Å². The molecular weight excluding hydrogens is 348 g/mol. The van der Waals surface area contributed by atoms with Crippen molar-refractivity contribution in [3.05, 3.63) is 59.2 Å². The SMILES string of the molecule is Cc1cccc(OC[C@H](O)CSc2nnnn2-c2ccc(C)cc2C)c1. The van der Waals surface area contributed by atoms with E-state index in [1.54, 1.807) is 4.68 Å². The van der Waals surface area contributed by atoms with Crippen LogP contribution in [0.3, 0.4) is 0 Å². The van der Waals surface area contributed by atoms with Crippen LogP contribution >= 0.6 is 11.8 Å². The van der Waals surface area contributed by atoms with Crippen molar-refractivity contribution in [2.45, 2.75) is 32.0 Å². The van der Waals surface area contributed by atoms with Crippen LogP contribution in [-0.4, -0.2) is 43.8 Å². The zero-order chi connectivity index (χ0) is 18.5. The molecule has 7 heteroatoms. The predicted octanol–water partition coefficient (Wildman–Crippen LogP) is 3.12. The second kappa shape index (κ2) is 8.33. The summed E-state index contributed by atoms with van der Waals surface area (Å²) in [5.74, 6) is 1.20. The first-order valence-corrected chi connectivity index (χ1v) is 9.38. The van der Waals surface area contributed by atoms with Crippen LogP contribution in [0.15, 0.2) is 47.6 Å². The van der Waals surface area contributed by atoms with Gasteiger partial charge in [-0.05, 0) is 60.5 Å². The van der Waals surface area contributed by atoms with E-state index in [9.17, 15) is 5.11 Å². The molecule has 0 bridgehead atoms. The molecule has 0 aliphatic rings. The van der Waals surface area contributed by atoms with Crippen LogP contribution in [0.2, 0.25) is 0 Å². The van der Waals surface area contributed by atoms with Gasteiger partial charge < -0.3 is 9.84 Å². The summed E-state index contributed by atoms with van der Waals surface area (Å²) in [5.41, 5.74) is 4.35. The van der Waals surface area contributed by atoms with E-state index in [2.05, 4.69) is 28.5 Å². The third-order valence-corrected chi connectivity index (χ3v) is 4.92. The monoisotopic (exact) mass is 370 g/mol. The zero-order valence-electron chi connectivity index (χ0n) is 15.1. The molecule has 2 aromatic carbocycles. The normalized spacial score (nSPS) is 12.2. The number of hydrogen-bond donors (Lipinski definition) is 1. The largest absolute Gasteiger partial charge is 0.491 e. The third kappa shape index (κ3) is 4.62. The first-order chi connectivity index (χ1) is 12.5. The van der Waals surface area contributed by atoms with Gasteiger partial charge in [-0.2, -0.15) is 4.68 Å². The Balaban J connectivity index is 1.59. The Morgan fingerprint density at radius 3 is 2.69 bits per heavy atom. The van der Waals surface area contributed by atoms with Gasteiger partial charge in [0.05, 0.1) is 11.8 Å². The van der Waals surface area contributed by atoms with Gasteiger partial charge in [0.25, 0.3) is 0 Å². The summed E-state index contributed by atoms with van der Waals surface area (Å²) in [6.45, 7) is 6.31. The summed E-state index contributed by atoms with van der Waals surface area (Å²) in [6.07, 6.45) is -0.621. The number of benzene rings is 2. The minimum absolute atomic E-state index is 0.224. The minimum atomic E-state index is -0.621. The molecule has 0 saturated heterocycles. The molecule has 0 aliphatic carbocycles.